The number of nitrogens with zero attached hydrogens (tertiary/aromatic N) is 3. The number of hydrogen-bond acceptors (Lipinski definition) is 5. The zero-order chi connectivity index (χ0) is 20.9. The number of hydrogen-bond donors (Lipinski definition) is 2. The largest absolute Gasteiger partial charge is 0.491 e. The summed E-state index contributed by atoms with van der Waals surface area (Å²) in [7, 11) is 0. The Bertz CT molecular complexity index is 1040. The third kappa shape index (κ3) is 4.69. The third-order valence-corrected chi connectivity index (χ3v) is 5.72. The van der Waals surface area contributed by atoms with Gasteiger partial charge < -0.3 is 19.7 Å². The predicted molar refractivity (Wildman–Crippen MR) is 118 cm³/mol. The lowest BCUT2D eigenvalue weighted by atomic mass is 10.2. The summed E-state index contributed by atoms with van der Waals surface area (Å²) in [6, 6.07) is 15.6. The van der Waals surface area contributed by atoms with Crippen LogP contribution in [0.3, 0.4) is 0 Å². The number of ether oxygens (including phenoxy) is 1. The van der Waals surface area contributed by atoms with Crippen LogP contribution < -0.4 is 10.1 Å². The van der Waals surface area contributed by atoms with Crippen LogP contribution in [0.2, 0.25) is 5.02 Å². The average Bonchev–Trinajstić information content (AvgIpc) is 3.39. The average molecular weight is 425 g/mol. The molecule has 1 atom stereocenters. The first kappa shape index (κ1) is 20.5. The summed E-state index contributed by atoms with van der Waals surface area (Å²) in [5.74, 6) is 1.43. The smallest absolute Gasteiger partial charge is 0.204 e. The summed E-state index contributed by atoms with van der Waals surface area (Å²) in [6.07, 6.45) is 4.37. The molecule has 4 rings (SSSR count). The molecule has 1 aliphatic rings. The SMILES string of the molecule is N#CCc1ccc(OCC(O)CNc2nc3ccc(Cl)cc3n2C2CCCC2)cc1. The first-order valence-electron chi connectivity index (χ1n) is 10.3. The van der Waals surface area contributed by atoms with Gasteiger partial charge in [-0.25, -0.2) is 4.98 Å². The van der Waals surface area contributed by atoms with Crippen LogP contribution in [0.25, 0.3) is 11.0 Å². The summed E-state index contributed by atoms with van der Waals surface area (Å²) >= 11 is 6.23. The minimum Gasteiger partial charge on any atom is -0.491 e. The molecular weight excluding hydrogens is 400 g/mol. The van der Waals surface area contributed by atoms with Crippen molar-refractivity contribution in [2.75, 3.05) is 18.5 Å². The fourth-order valence-electron chi connectivity index (χ4n) is 3.98. The van der Waals surface area contributed by atoms with Gasteiger partial charge in [-0.05, 0) is 48.7 Å². The van der Waals surface area contributed by atoms with Gasteiger partial charge in [0.1, 0.15) is 18.5 Å². The molecule has 30 heavy (non-hydrogen) atoms. The third-order valence-electron chi connectivity index (χ3n) is 5.49. The summed E-state index contributed by atoms with van der Waals surface area (Å²) in [5.41, 5.74) is 2.87. The molecule has 3 aromatic rings. The number of halogens is 1. The van der Waals surface area contributed by atoms with Crippen LogP contribution >= 0.6 is 11.6 Å². The van der Waals surface area contributed by atoms with E-state index in [0.29, 0.717) is 29.8 Å². The molecule has 0 aliphatic heterocycles. The van der Waals surface area contributed by atoms with Gasteiger partial charge in [0.25, 0.3) is 0 Å². The molecule has 7 heteroatoms. The zero-order valence-electron chi connectivity index (χ0n) is 16.7. The highest BCUT2D eigenvalue weighted by molar-refractivity contribution is 6.31. The van der Waals surface area contributed by atoms with Crippen LogP contribution in [0.15, 0.2) is 42.5 Å². The van der Waals surface area contributed by atoms with Crippen molar-refractivity contribution in [3.63, 3.8) is 0 Å². The van der Waals surface area contributed by atoms with E-state index in [0.717, 1.165) is 35.4 Å². The number of aliphatic hydroxyl groups is 1. The summed E-state index contributed by atoms with van der Waals surface area (Å²) < 4.78 is 7.91. The molecule has 1 unspecified atom stereocenters. The molecule has 1 aromatic heterocycles. The Labute approximate surface area is 181 Å². The lowest BCUT2D eigenvalue weighted by Gasteiger charge is -2.19. The second-order valence-electron chi connectivity index (χ2n) is 7.70. The molecule has 1 saturated carbocycles. The molecule has 1 heterocycles. The minimum atomic E-state index is -0.691. The highest BCUT2D eigenvalue weighted by Gasteiger charge is 2.23. The number of fused-ring (bicyclic) bond motifs is 1. The second-order valence-corrected chi connectivity index (χ2v) is 8.14. The topological polar surface area (TPSA) is 83.1 Å². The van der Waals surface area contributed by atoms with Gasteiger partial charge in [-0.15, -0.1) is 0 Å². The predicted octanol–water partition coefficient (Wildman–Crippen LogP) is 4.72. The molecule has 2 N–H and O–H groups in total. The highest BCUT2D eigenvalue weighted by atomic mass is 35.5. The first-order chi connectivity index (χ1) is 14.6. The van der Waals surface area contributed by atoms with E-state index in [4.69, 9.17) is 26.6 Å². The Morgan fingerprint density at radius 2 is 2.00 bits per heavy atom. The molecule has 0 radical (unpaired) electrons. The minimum absolute atomic E-state index is 0.167. The molecule has 0 amide bonds. The molecule has 0 spiro atoms. The number of aliphatic hydroxyl groups excluding tert-OH is 1. The van der Waals surface area contributed by atoms with E-state index in [-0.39, 0.29) is 6.61 Å². The normalized spacial score (nSPS) is 15.2. The molecule has 6 nitrogen and oxygen atoms in total. The molecule has 2 aromatic carbocycles. The zero-order valence-corrected chi connectivity index (χ0v) is 17.5. The fraction of sp³-hybridized carbons (Fsp3) is 0.391. The van der Waals surface area contributed by atoms with E-state index in [9.17, 15) is 5.11 Å². The van der Waals surface area contributed by atoms with Crippen molar-refractivity contribution >= 4 is 28.6 Å². The molecule has 1 aliphatic carbocycles. The van der Waals surface area contributed by atoms with Crippen LogP contribution in [0.4, 0.5) is 5.95 Å². The van der Waals surface area contributed by atoms with E-state index in [1.165, 1.54) is 12.8 Å². The van der Waals surface area contributed by atoms with Crippen molar-refractivity contribution in [1.82, 2.24) is 9.55 Å². The van der Waals surface area contributed by atoms with Crippen molar-refractivity contribution in [3.8, 4) is 11.8 Å². The van der Waals surface area contributed by atoms with Gasteiger partial charge in [0.2, 0.25) is 5.95 Å². The molecule has 0 saturated heterocycles. The Kier molecular flexibility index (Phi) is 6.41. The Morgan fingerprint density at radius 3 is 2.73 bits per heavy atom. The number of imidazole rings is 1. The Balaban J connectivity index is 1.40. The molecule has 156 valence electrons. The summed E-state index contributed by atoms with van der Waals surface area (Å²) in [5, 5.41) is 23.1. The van der Waals surface area contributed by atoms with Crippen molar-refractivity contribution in [1.29, 1.82) is 5.26 Å². The fourth-order valence-corrected chi connectivity index (χ4v) is 4.14. The number of nitrogens with one attached hydrogen (secondary N) is 1. The van der Waals surface area contributed by atoms with Crippen LogP contribution in [0.5, 0.6) is 5.75 Å². The maximum absolute atomic E-state index is 10.4. The van der Waals surface area contributed by atoms with Gasteiger partial charge in [0.15, 0.2) is 0 Å². The monoisotopic (exact) mass is 424 g/mol. The molecule has 1 fully saturated rings. The summed E-state index contributed by atoms with van der Waals surface area (Å²) in [4.78, 5) is 4.73. The van der Waals surface area contributed by atoms with E-state index >= 15 is 0 Å². The van der Waals surface area contributed by atoms with Gasteiger partial charge >= 0.3 is 0 Å². The number of anilines is 1. The van der Waals surface area contributed by atoms with Crippen molar-refractivity contribution < 1.29 is 9.84 Å². The van der Waals surface area contributed by atoms with Crippen LogP contribution in [0.1, 0.15) is 37.3 Å². The quantitative estimate of drug-likeness (QED) is 0.546. The van der Waals surface area contributed by atoms with Crippen LogP contribution in [-0.2, 0) is 6.42 Å². The summed E-state index contributed by atoms with van der Waals surface area (Å²) in [6.45, 7) is 0.496. The van der Waals surface area contributed by atoms with Gasteiger partial charge in [0.05, 0.1) is 23.5 Å². The van der Waals surface area contributed by atoms with Crippen LogP contribution in [-0.4, -0.2) is 33.9 Å². The maximum atomic E-state index is 10.4. The van der Waals surface area contributed by atoms with Crippen molar-refractivity contribution in [3.05, 3.63) is 53.1 Å². The van der Waals surface area contributed by atoms with Gasteiger partial charge in [-0.3, -0.25) is 0 Å². The molecular formula is C23H25ClN4O2. The Morgan fingerprint density at radius 1 is 1.23 bits per heavy atom. The first-order valence-corrected chi connectivity index (χ1v) is 10.7. The van der Waals surface area contributed by atoms with Crippen molar-refractivity contribution in [2.45, 2.75) is 44.2 Å². The second kappa shape index (κ2) is 9.38. The van der Waals surface area contributed by atoms with E-state index in [1.54, 1.807) is 0 Å². The number of rotatable bonds is 8. The van der Waals surface area contributed by atoms with Crippen molar-refractivity contribution in [2.24, 2.45) is 0 Å². The van der Waals surface area contributed by atoms with E-state index < -0.39 is 6.10 Å². The Hall–Kier alpha value is -2.75. The van der Waals surface area contributed by atoms with Gasteiger partial charge in [0, 0.05) is 17.6 Å². The standard InChI is InChI=1S/C23H25ClN4O2/c24-17-7-10-21-22(13-17)28(18-3-1-2-4-18)23(27-21)26-14-19(29)15-30-20-8-5-16(6-9-20)11-12-25/h5-10,13,18-19,29H,1-4,11,14-15H2,(H,26,27). The number of aromatic nitrogens is 2. The molecule has 0 bridgehead atoms. The number of benzene rings is 2. The lowest BCUT2D eigenvalue weighted by Crippen LogP contribution is -2.27. The van der Waals surface area contributed by atoms with Crippen LogP contribution in [0, 0.1) is 11.3 Å². The van der Waals surface area contributed by atoms with Gasteiger partial charge in [-0.2, -0.15) is 5.26 Å². The van der Waals surface area contributed by atoms with E-state index in [1.807, 2.05) is 42.5 Å². The highest BCUT2D eigenvalue weighted by Crippen LogP contribution is 2.36. The number of nitriles is 1. The van der Waals surface area contributed by atoms with Gasteiger partial charge in [-0.1, -0.05) is 36.6 Å². The maximum Gasteiger partial charge on any atom is 0.204 e. The lowest BCUT2D eigenvalue weighted by molar-refractivity contribution is 0.117. The van der Waals surface area contributed by atoms with E-state index in [2.05, 4.69) is 16.0 Å².